The van der Waals surface area contributed by atoms with Crippen LogP contribution in [0.5, 0.6) is 0 Å². The zero-order valence-electron chi connectivity index (χ0n) is 17.6. The number of carboxylic acid groups (broad SMARTS) is 1. The molecule has 0 radical (unpaired) electrons. The Kier molecular flexibility index (Phi) is 8.83. The average Bonchev–Trinajstić information content (AvgIpc) is 2.73. The number of alkyl halides is 6. The van der Waals surface area contributed by atoms with Crippen molar-refractivity contribution in [1.82, 2.24) is 10.2 Å². The molecule has 34 heavy (non-hydrogen) atoms. The molecule has 0 bridgehead atoms. The van der Waals surface area contributed by atoms with Gasteiger partial charge in [-0.15, -0.1) is 6.54 Å². The van der Waals surface area contributed by atoms with Crippen molar-refractivity contribution in [1.29, 1.82) is 0 Å². The fourth-order valence-electron chi connectivity index (χ4n) is 3.28. The molecule has 1 unspecified atom stereocenters. The molecule has 2 aromatic carbocycles. The van der Waals surface area contributed by atoms with E-state index in [4.69, 9.17) is 5.11 Å². The summed E-state index contributed by atoms with van der Waals surface area (Å²) in [4.78, 5) is 12.2. The number of hydrogen-bond donors (Lipinski definition) is 2. The molecule has 1 saturated heterocycles. The Morgan fingerprint density at radius 2 is 1.65 bits per heavy atom. The number of benzene rings is 2. The van der Waals surface area contributed by atoms with Gasteiger partial charge in [0.15, 0.2) is 0 Å². The van der Waals surface area contributed by atoms with Crippen LogP contribution in [0.15, 0.2) is 36.4 Å². The van der Waals surface area contributed by atoms with Gasteiger partial charge in [-0.2, -0.15) is 33.4 Å². The Morgan fingerprint density at radius 1 is 1.06 bits per heavy atom. The van der Waals surface area contributed by atoms with E-state index in [0.29, 0.717) is 25.2 Å². The van der Waals surface area contributed by atoms with Crippen molar-refractivity contribution >= 4 is 6.09 Å². The molecule has 188 valence electrons. The number of rotatable bonds is 3. The highest BCUT2D eigenvalue weighted by Gasteiger charge is 2.36. The van der Waals surface area contributed by atoms with Gasteiger partial charge in [0.25, 0.3) is 0 Å². The van der Waals surface area contributed by atoms with Crippen LogP contribution in [-0.2, 0) is 18.9 Å². The van der Waals surface area contributed by atoms with Gasteiger partial charge in [0.1, 0.15) is 11.6 Å². The van der Waals surface area contributed by atoms with Crippen LogP contribution >= 0.6 is 0 Å². The number of halogens is 8. The molecule has 13 heteroatoms. The van der Waals surface area contributed by atoms with Gasteiger partial charge in [-0.1, -0.05) is 11.6 Å². The molecule has 0 spiro atoms. The van der Waals surface area contributed by atoms with Gasteiger partial charge < -0.3 is 15.7 Å². The van der Waals surface area contributed by atoms with Crippen molar-refractivity contribution in [2.75, 3.05) is 26.7 Å². The standard InChI is InChI=1S/C11H12F2N2O2.C10H8F6N/c12-7-1-2-8(9(13)5-7)10-6-14-3-4-15(10)11(16)17;1-17-5-6-2-7(9(11,12)13)4-8(3-6)10(14,15)16/h1-2,5,10,14H,3-4,6H2,(H,16,17);2-4H,5H2,1H3/q;-1. The summed E-state index contributed by atoms with van der Waals surface area (Å²) in [5.74, 6) is -1.39. The molecule has 0 saturated carbocycles. The van der Waals surface area contributed by atoms with Gasteiger partial charge in [0, 0.05) is 31.3 Å². The van der Waals surface area contributed by atoms with Gasteiger partial charge in [-0.05, 0) is 24.3 Å². The molecular weight excluding hydrogens is 478 g/mol. The lowest BCUT2D eigenvalue weighted by Crippen LogP contribution is -2.48. The van der Waals surface area contributed by atoms with E-state index in [-0.39, 0.29) is 30.3 Å². The van der Waals surface area contributed by atoms with Crippen molar-refractivity contribution < 1.29 is 45.0 Å². The normalized spacial score (nSPS) is 16.6. The van der Waals surface area contributed by atoms with Crippen molar-refractivity contribution in [2.45, 2.75) is 24.9 Å². The maximum absolute atomic E-state index is 13.6. The maximum Gasteiger partial charge on any atom is 0.416 e. The van der Waals surface area contributed by atoms with Crippen molar-refractivity contribution in [3.05, 3.63) is 75.6 Å². The monoisotopic (exact) mass is 498 g/mol. The predicted molar refractivity (Wildman–Crippen MR) is 106 cm³/mol. The summed E-state index contributed by atoms with van der Waals surface area (Å²) in [6.45, 7) is 0.963. The first-order valence-corrected chi connectivity index (χ1v) is 9.73. The first-order valence-electron chi connectivity index (χ1n) is 9.73. The fourth-order valence-corrected chi connectivity index (χ4v) is 3.28. The average molecular weight is 498 g/mol. The maximum atomic E-state index is 13.6. The molecular formula is C21H20F8N3O2-. The van der Waals surface area contributed by atoms with E-state index in [2.05, 4.69) is 10.6 Å². The highest BCUT2D eigenvalue weighted by Crippen LogP contribution is 2.36. The van der Waals surface area contributed by atoms with E-state index in [1.54, 1.807) is 0 Å². The lowest BCUT2D eigenvalue weighted by Gasteiger charge is -2.34. The number of nitrogens with zero attached hydrogens (tertiary/aromatic N) is 2. The second-order valence-electron chi connectivity index (χ2n) is 7.25. The number of carbonyl (C=O) groups is 1. The number of amides is 1. The first-order chi connectivity index (χ1) is 15.7. The second-order valence-corrected chi connectivity index (χ2v) is 7.25. The Balaban J connectivity index is 0.000000240. The van der Waals surface area contributed by atoms with Crippen LogP contribution in [0.3, 0.4) is 0 Å². The zero-order chi connectivity index (χ0) is 25.7. The molecule has 0 aromatic heterocycles. The minimum atomic E-state index is -4.80. The Morgan fingerprint density at radius 3 is 2.12 bits per heavy atom. The summed E-state index contributed by atoms with van der Waals surface area (Å²) in [6, 6.07) is 4.01. The Bertz CT molecular complexity index is 963. The summed E-state index contributed by atoms with van der Waals surface area (Å²) in [5.41, 5.74) is -2.55. The third-order valence-corrected chi connectivity index (χ3v) is 4.80. The van der Waals surface area contributed by atoms with Gasteiger partial charge in [-0.25, -0.2) is 13.6 Å². The molecule has 1 fully saturated rings. The van der Waals surface area contributed by atoms with Gasteiger partial charge >= 0.3 is 18.4 Å². The van der Waals surface area contributed by atoms with E-state index in [1.807, 2.05) is 0 Å². The van der Waals surface area contributed by atoms with Crippen LogP contribution in [0.2, 0.25) is 0 Å². The summed E-state index contributed by atoms with van der Waals surface area (Å²) in [6.07, 6.45) is -10.7. The van der Waals surface area contributed by atoms with Crippen LogP contribution in [0.25, 0.3) is 5.32 Å². The van der Waals surface area contributed by atoms with Crippen molar-refractivity contribution in [3.8, 4) is 0 Å². The molecule has 1 heterocycles. The van der Waals surface area contributed by atoms with E-state index in [0.717, 1.165) is 17.0 Å². The third kappa shape index (κ3) is 7.29. The van der Waals surface area contributed by atoms with Crippen molar-refractivity contribution in [2.24, 2.45) is 0 Å². The highest BCUT2D eigenvalue weighted by molar-refractivity contribution is 5.66. The van der Waals surface area contributed by atoms with E-state index in [9.17, 15) is 39.9 Å². The Labute approximate surface area is 189 Å². The summed E-state index contributed by atoms with van der Waals surface area (Å²) >= 11 is 0. The summed E-state index contributed by atoms with van der Waals surface area (Å²) in [7, 11) is 1.31. The molecule has 1 aliphatic heterocycles. The summed E-state index contributed by atoms with van der Waals surface area (Å²) in [5, 5.41) is 15.5. The molecule has 5 nitrogen and oxygen atoms in total. The minimum absolute atomic E-state index is 0.0964. The molecule has 0 aliphatic carbocycles. The second kappa shape index (κ2) is 11.0. The summed E-state index contributed by atoms with van der Waals surface area (Å²) < 4.78 is 101. The van der Waals surface area contributed by atoms with Gasteiger partial charge in [-0.3, -0.25) is 4.90 Å². The molecule has 2 N–H and O–H groups in total. The number of nitrogens with one attached hydrogen (secondary N) is 1. The lowest BCUT2D eigenvalue weighted by molar-refractivity contribution is -0.143. The SMILES string of the molecule is C[N-]Cc1cc(C(F)(F)F)cc(C(F)(F)F)c1.O=C(O)N1CCNCC1c1ccc(F)cc1F. The van der Waals surface area contributed by atoms with Crippen LogP contribution in [0.1, 0.15) is 28.3 Å². The topological polar surface area (TPSA) is 66.7 Å². The highest BCUT2D eigenvalue weighted by atomic mass is 19.4. The Hall–Kier alpha value is -2.93. The third-order valence-electron chi connectivity index (χ3n) is 4.80. The van der Waals surface area contributed by atoms with Gasteiger partial charge in [0.2, 0.25) is 0 Å². The van der Waals surface area contributed by atoms with Crippen LogP contribution < -0.4 is 5.32 Å². The fraction of sp³-hybridized carbons (Fsp3) is 0.381. The smallest absolute Gasteiger partial charge is 0.416 e. The van der Waals surface area contributed by atoms with E-state index in [1.165, 1.54) is 13.1 Å². The molecule has 1 aliphatic rings. The predicted octanol–water partition coefficient (Wildman–Crippen LogP) is 5.82. The van der Waals surface area contributed by atoms with E-state index >= 15 is 0 Å². The minimum Gasteiger partial charge on any atom is -0.661 e. The zero-order valence-corrected chi connectivity index (χ0v) is 17.6. The van der Waals surface area contributed by atoms with E-state index < -0.39 is 47.2 Å². The molecule has 1 atom stereocenters. The molecule has 2 aromatic rings. The largest absolute Gasteiger partial charge is 0.661 e. The van der Waals surface area contributed by atoms with Crippen molar-refractivity contribution in [3.63, 3.8) is 0 Å². The van der Waals surface area contributed by atoms with Crippen LogP contribution in [0, 0.1) is 11.6 Å². The van der Waals surface area contributed by atoms with Crippen LogP contribution in [0.4, 0.5) is 39.9 Å². The van der Waals surface area contributed by atoms with Gasteiger partial charge in [0.05, 0.1) is 17.2 Å². The molecule has 1 amide bonds. The first kappa shape index (κ1) is 27.3. The quantitative estimate of drug-likeness (QED) is 0.525. The lowest BCUT2D eigenvalue weighted by atomic mass is 10.0. The molecule has 3 rings (SSSR count). The number of hydrogen-bond acceptors (Lipinski definition) is 2. The number of piperazine rings is 1. The van der Waals surface area contributed by atoms with Crippen LogP contribution in [-0.4, -0.2) is 42.8 Å².